The Balaban J connectivity index is 2.28. The average Bonchev–Trinajstić information content (AvgIpc) is 2.52. The molecule has 0 bridgehead atoms. The summed E-state index contributed by atoms with van der Waals surface area (Å²) in [6.45, 7) is 0. The highest BCUT2D eigenvalue weighted by molar-refractivity contribution is 5.96. The first-order valence-electron chi connectivity index (χ1n) is 7.50. The molecule has 0 saturated carbocycles. The quantitative estimate of drug-likeness (QED) is 0.619. The van der Waals surface area contributed by atoms with Crippen molar-refractivity contribution in [2.75, 3.05) is 14.1 Å². The maximum absolute atomic E-state index is 12.3. The molecule has 2 aromatic carbocycles. The third kappa shape index (κ3) is 3.25. The lowest BCUT2D eigenvalue weighted by Crippen LogP contribution is -2.26. The van der Waals surface area contributed by atoms with Crippen molar-refractivity contribution >= 4 is 5.91 Å². The van der Waals surface area contributed by atoms with Crippen molar-refractivity contribution in [3.63, 3.8) is 0 Å². The summed E-state index contributed by atoms with van der Waals surface area (Å²) < 4.78 is 21.2. The van der Waals surface area contributed by atoms with E-state index in [2.05, 4.69) is 16.7 Å². The van der Waals surface area contributed by atoms with E-state index in [0.717, 1.165) is 5.56 Å². The minimum absolute atomic E-state index is 0.280. The lowest BCUT2D eigenvalue weighted by atomic mass is 10.1. The summed E-state index contributed by atoms with van der Waals surface area (Å²) in [4.78, 5) is 16.9. The summed E-state index contributed by atoms with van der Waals surface area (Å²) in [5.41, 5.74) is 1.60. The number of rotatable bonds is 2. The van der Waals surface area contributed by atoms with Crippen LogP contribution in [-0.2, 0) is 4.84 Å². The molecule has 100 valence electrons. The minimum Gasteiger partial charge on any atom is -0.274 e. The van der Waals surface area contributed by atoms with Crippen LogP contribution in [0.25, 0.3) is 0 Å². The Morgan fingerprint density at radius 1 is 1.10 bits per heavy atom. The molecular weight excluding hydrogens is 250 g/mol. The summed E-state index contributed by atoms with van der Waals surface area (Å²) in [5.74, 6) is 5.33. The highest BCUT2D eigenvalue weighted by Crippen LogP contribution is 2.10. The van der Waals surface area contributed by atoms with Gasteiger partial charge in [0.1, 0.15) is 0 Å². The number of carbonyl (C=O) groups excluding carboxylic acids is 1. The van der Waals surface area contributed by atoms with Gasteiger partial charge >= 0.3 is 0 Å². The molecule has 0 heterocycles. The molecule has 0 fully saturated rings. The second-order valence-electron chi connectivity index (χ2n) is 4.06. The van der Waals surface area contributed by atoms with E-state index in [1.807, 2.05) is 30.3 Å². The monoisotopic (exact) mass is 268 g/mol. The van der Waals surface area contributed by atoms with Gasteiger partial charge in [-0.2, -0.15) is 0 Å². The van der Waals surface area contributed by atoms with E-state index >= 15 is 0 Å². The van der Waals surface area contributed by atoms with Gasteiger partial charge in [0.15, 0.2) is 0 Å². The van der Waals surface area contributed by atoms with E-state index in [0.29, 0.717) is 10.6 Å². The molecule has 0 aliphatic carbocycles. The Morgan fingerprint density at radius 3 is 2.55 bits per heavy atom. The molecule has 2 aromatic rings. The van der Waals surface area contributed by atoms with Crippen LogP contribution in [0.5, 0.6) is 0 Å². The lowest BCUT2D eigenvalue weighted by Gasteiger charge is -2.14. The van der Waals surface area contributed by atoms with Gasteiger partial charge in [-0.3, -0.25) is 9.63 Å². The second-order valence-corrected chi connectivity index (χ2v) is 4.06. The molecule has 0 atom stereocenters. The Kier molecular flexibility index (Phi) is 3.36. The van der Waals surface area contributed by atoms with Gasteiger partial charge in [-0.15, -0.1) is 0 Å². The molecule has 0 aliphatic heterocycles. The van der Waals surface area contributed by atoms with Gasteiger partial charge in [-0.1, -0.05) is 42.2 Å². The molecule has 3 nitrogen and oxygen atoms in total. The molecule has 0 radical (unpaired) electrons. The van der Waals surface area contributed by atoms with Crippen LogP contribution in [0.1, 0.15) is 25.6 Å². The molecule has 0 unspecified atom stereocenters. The summed E-state index contributed by atoms with van der Waals surface area (Å²) in [6, 6.07) is 16.1. The first-order chi connectivity index (χ1) is 10.9. The maximum atomic E-state index is 12.3. The van der Waals surface area contributed by atoms with Gasteiger partial charge in [-0.25, -0.2) is 5.06 Å². The molecule has 20 heavy (non-hydrogen) atoms. The zero-order valence-corrected chi connectivity index (χ0v) is 11.0. The van der Waals surface area contributed by atoms with E-state index in [9.17, 15) is 4.79 Å². The van der Waals surface area contributed by atoms with E-state index in [1.165, 1.54) is 7.05 Å². The van der Waals surface area contributed by atoms with Crippen molar-refractivity contribution in [2.45, 2.75) is 0 Å². The minimum atomic E-state index is -2.69. The van der Waals surface area contributed by atoms with Gasteiger partial charge in [0.2, 0.25) is 0 Å². The highest BCUT2D eigenvalue weighted by atomic mass is 16.7. The van der Waals surface area contributed by atoms with Crippen LogP contribution in [0.4, 0.5) is 0 Å². The van der Waals surface area contributed by atoms with Gasteiger partial charge in [0, 0.05) is 18.2 Å². The van der Waals surface area contributed by atoms with Gasteiger partial charge < -0.3 is 0 Å². The van der Waals surface area contributed by atoms with Crippen molar-refractivity contribution in [3.8, 4) is 11.8 Å². The lowest BCUT2D eigenvalue weighted by molar-refractivity contribution is -0.0757. The van der Waals surface area contributed by atoms with E-state index in [4.69, 9.17) is 4.11 Å². The number of hydrogen-bond acceptors (Lipinski definition) is 2. The average molecular weight is 268 g/mol. The Morgan fingerprint density at radius 2 is 1.80 bits per heavy atom. The van der Waals surface area contributed by atoms with Crippen molar-refractivity contribution in [1.82, 2.24) is 5.06 Å². The van der Waals surface area contributed by atoms with Crippen molar-refractivity contribution in [3.05, 3.63) is 71.3 Å². The van der Waals surface area contributed by atoms with Crippen molar-refractivity contribution in [1.29, 1.82) is 0 Å². The fourth-order valence-electron chi connectivity index (χ4n) is 1.65. The normalized spacial score (nSPS) is 12.3. The van der Waals surface area contributed by atoms with Gasteiger partial charge in [0.05, 0.1) is 16.7 Å². The van der Waals surface area contributed by atoms with E-state index < -0.39 is 12.9 Å². The second kappa shape index (κ2) is 6.55. The zero-order chi connectivity index (χ0) is 16.9. The van der Waals surface area contributed by atoms with Gasteiger partial charge in [0.25, 0.3) is 5.91 Å². The molecular formula is C17H15NO2. The predicted molar refractivity (Wildman–Crippen MR) is 78.0 cm³/mol. The molecule has 3 heteroatoms. The Bertz CT molecular complexity index is 746. The zero-order valence-electron chi connectivity index (χ0n) is 14.0. The standard InChI is InChI=1S/C17H15NO2/c1-18(20-2)17(19)16-11-7-6-10-15(16)13-12-14-8-4-3-5-9-14/h3-11H,1-2H3/i2D3. The number of hydrogen-bond donors (Lipinski definition) is 0. The fourth-order valence-corrected chi connectivity index (χ4v) is 1.65. The first kappa shape index (κ1) is 10.2. The van der Waals surface area contributed by atoms with Crippen LogP contribution >= 0.6 is 0 Å². The summed E-state index contributed by atoms with van der Waals surface area (Å²) >= 11 is 0. The Labute approximate surface area is 123 Å². The summed E-state index contributed by atoms with van der Waals surface area (Å²) in [5, 5.41) is 0.704. The number of benzene rings is 2. The Hall–Kier alpha value is -2.57. The van der Waals surface area contributed by atoms with Crippen LogP contribution < -0.4 is 0 Å². The van der Waals surface area contributed by atoms with E-state index in [1.54, 1.807) is 24.3 Å². The molecule has 2 rings (SSSR count). The first-order valence-corrected chi connectivity index (χ1v) is 6.00. The predicted octanol–water partition coefficient (Wildman–Crippen LogP) is 2.72. The summed E-state index contributed by atoms with van der Waals surface area (Å²) in [7, 11) is -1.43. The maximum Gasteiger partial charge on any atom is 0.278 e. The molecule has 0 aliphatic rings. The molecule has 1 amide bonds. The van der Waals surface area contributed by atoms with Crippen molar-refractivity contribution < 1.29 is 13.7 Å². The molecule has 0 aromatic heterocycles. The van der Waals surface area contributed by atoms with Crippen LogP contribution in [0.15, 0.2) is 54.6 Å². The number of amides is 1. The van der Waals surface area contributed by atoms with Crippen LogP contribution in [0.2, 0.25) is 0 Å². The third-order valence-corrected chi connectivity index (χ3v) is 2.70. The molecule has 0 saturated heterocycles. The third-order valence-electron chi connectivity index (χ3n) is 2.70. The fraction of sp³-hybridized carbons (Fsp3) is 0.118. The van der Waals surface area contributed by atoms with Crippen molar-refractivity contribution in [2.24, 2.45) is 0 Å². The highest BCUT2D eigenvalue weighted by Gasteiger charge is 2.13. The van der Waals surface area contributed by atoms with Crippen LogP contribution in [-0.4, -0.2) is 25.1 Å². The smallest absolute Gasteiger partial charge is 0.274 e. The molecule has 0 N–H and O–H groups in total. The number of hydroxylamine groups is 2. The van der Waals surface area contributed by atoms with E-state index in [-0.39, 0.29) is 5.56 Å². The number of carbonyl (C=O) groups is 1. The largest absolute Gasteiger partial charge is 0.278 e. The summed E-state index contributed by atoms with van der Waals surface area (Å²) in [6.07, 6.45) is 0. The van der Waals surface area contributed by atoms with Crippen LogP contribution in [0, 0.1) is 11.8 Å². The molecule has 0 spiro atoms. The number of nitrogens with zero attached hydrogens (tertiary/aromatic N) is 1. The van der Waals surface area contributed by atoms with Crippen LogP contribution in [0.3, 0.4) is 0 Å². The SMILES string of the molecule is [2H]C([2H])([2H])ON(C)C(=O)c1ccccc1C#Cc1ccccc1. The topological polar surface area (TPSA) is 29.5 Å². The van der Waals surface area contributed by atoms with Gasteiger partial charge in [-0.05, 0) is 24.3 Å².